The van der Waals surface area contributed by atoms with E-state index >= 15 is 0 Å². The Bertz CT molecular complexity index is 2190. The molecule has 0 unspecified atom stereocenters. The van der Waals surface area contributed by atoms with Crippen LogP contribution in [0, 0.1) is 0 Å². The third kappa shape index (κ3) is 6.89. The fraction of sp³-hybridized carbons (Fsp3) is 0. The van der Waals surface area contributed by atoms with Crippen molar-refractivity contribution in [3.8, 4) is 22.3 Å². The van der Waals surface area contributed by atoms with Crippen LogP contribution in [-0.2, 0) is 0 Å². The summed E-state index contributed by atoms with van der Waals surface area (Å²) in [6.07, 6.45) is 0. The third-order valence-corrected chi connectivity index (χ3v) is 9.16. The number of hydrogen-bond acceptors (Lipinski definition) is 3. The Morgan fingerprint density at radius 2 is 0.596 bits per heavy atom. The summed E-state index contributed by atoms with van der Waals surface area (Å²) in [5, 5.41) is 0. The van der Waals surface area contributed by atoms with Crippen molar-refractivity contribution in [2.75, 3.05) is 9.80 Å². The number of ketones is 1. The van der Waals surface area contributed by atoms with E-state index in [4.69, 9.17) is 0 Å². The molecule has 8 aromatic rings. The Morgan fingerprint density at radius 3 is 0.962 bits per heavy atom. The first-order valence-corrected chi connectivity index (χ1v) is 17.5. The van der Waals surface area contributed by atoms with Gasteiger partial charge in [0.2, 0.25) is 0 Å². The lowest BCUT2D eigenvalue weighted by molar-refractivity contribution is 0.103. The maximum Gasteiger partial charge on any atom is 0.193 e. The molecule has 8 rings (SSSR count). The van der Waals surface area contributed by atoms with Crippen LogP contribution in [0.2, 0.25) is 0 Å². The van der Waals surface area contributed by atoms with Gasteiger partial charge in [-0.15, -0.1) is 0 Å². The number of benzene rings is 8. The summed E-state index contributed by atoms with van der Waals surface area (Å²) < 4.78 is 0. The first kappa shape index (κ1) is 32.2. The molecule has 0 radical (unpaired) electrons. The Morgan fingerprint density at radius 1 is 0.269 bits per heavy atom. The van der Waals surface area contributed by atoms with Crippen LogP contribution in [0.4, 0.5) is 34.1 Å². The maximum atomic E-state index is 14.1. The quantitative estimate of drug-likeness (QED) is 0.136. The monoisotopic (exact) mass is 668 g/mol. The second-order valence-electron chi connectivity index (χ2n) is 12.6. The first-order chi connectivity index (χ1) is 25.7. The van der Waals surface area contributed by atoms with Crippen LogP contribution in [0.15, 0.2) is 218 Å². The molecule has 0 spiro atoms. The Labute approximate surface area is 305 Å². The van der Waals surface area contributed by atoms with E-state index in [0.29, 0.717) is 11.1 Å². The van der Waals surface area contributed by atoms with Gasteiger partial charge in [-0.2, -0.15) is 0 Å². The lowest BCUT2D eigenvalue weighted by Crippen LogP contribution is -2.10. The average molecular weight is 669 g/mol. The van der Waals surface area contributed by atoms with E-state index in [1.807, 2.05) is 66.7 Å². The Kier molecular flexibility index (Phi) is 9.22. The highest BCUT2D eigenvalue weighted by Gasteiger charge is 2.18. The normalized spacial score (nSPS) is 10.8. The zero-order valence-electron chi connectivity index (χ0n) is 28.6. The highest BCUT2D eigenvalue weighted by Crippen LogP contribution is 2.39. The van der Waals surface area contributed by atoms with Gasteiger partial charge in [-0.1, -0.05) is 127 Å². The molecule has 0 fully saturated rings. The molecular weight excluding hydrogens is 633 g/mol. The standard InChI is InChI=1S/C49H36N2O/c52-49(37-18-6-1-7-19-37)42-33-40(38-20-16-30-47(35-38)50(43-22-8-2-9-23-43)44-24-10-3-11-25-44)32-41(34-42)39-21-17-31-48(36-39)51(45-26-12-4-13-27-45)46-28-14-5-15-29-46/h1-36H. The van der Waals surface area contributed by atoms with Gasteiger partial charge in [0.15, 0.2) is 5.78 Å². The number of hydrogen-bond donors (Lipinski definition) is 0. The minimum absolute atomic E-state index is 0.0126. The summed E-state index contributed by atoms with van der Waals surface area (Å²) in [6, 6.07) is 74.5. The number of carbonyl (C=O) groups excluding carboxylic acids is 1. The molecule has 0 heterocycles. The van der Waals surface area contributed by atoms with E-state index in [1.54, 1.807) is 0 Å². The maximum absolute atomic E-state index is 14.1. The topological polar surface area (TPSA) is 23.6 Å². The van der Waals surface area contributed by atoms with Gasteiger partial charge in [-0.25, -0.2) is 0 Å². The molecule has 8 aromatic carbocycles. The summed E-state index contributed by atoms with van der Waals surface area (Å²) >= 11 is 0. The van der Waals surface area contributed by atoms with Crippen molar-refractivity contribution >= 4 is 39.9 Å². The van der Waals surface area contributed by atoms with Crippen molar-refractivity contribution in [2.45, 2.75) is 0 Å². The fourth-order valence-electron chi connectivity index (χ4n) is 6.70. The second kappa shape index (κ2) is 14.9. The van der Waals surface area contributed by atoms with E-state index in [1.165, 1.54) is 0 Å². The van der Waals surface area contributed by atoms with Crippen molar-refractivity contribution < 1.29 is 4.79 Å². The minimum Gasteiger partial charge on any atom is -0.310 e. The van der Waals surface area contributed by atoms with Gasteiger partial charge in [0.25, 0.3) is 0 Å². The molecular formula is C49H36N2O. The van der Waals surface area contributed by atoms with Gasteiger partial charge in [-0.05, 0) is 113 Å². The molecule has 0 bridgehead atoms. The molecule has 0 aliphatic heterocycles. The van der Waals surface area contributed by atoms with Crippen LogP contribution in [0.3, 0.4) is 0 Å². The van der Waals surface area contributed by atoms with Crippen LogP contribution in [0.5, 0.6) is 0 Å². The van der Waals surface area contributed by atoms with Crippen molar-refractivity contribution in [1.29, 1.82) is 0 Å². The summed E-state index contributed by atoms with van der Waals surface area (Å²) in [5.41, 5.74) is 11.6. The molecule has 0 atom stereocenters. The van der Waals surface area contributed by atoms with E-state index in [-0.39, 0.29) is 5.78 Å². The van der Waals surface area contributed by atoms with E-state index in [0.717, 1.165) is 56.4 Å². The lowest BCUT2D eigenvalue weighted by Gasteiger charge is -2.26. The smallest absolute Gasteiger partial charge is 0.193 e. The SMILES string of the molecule is O=C(c1ccccc1)c1cc(-c2cccc(N(c3ccccc3)c3ccccc3)c2)cc(-c2cccc(N(c3ccccc3)c3ccccc3)c2)c1. The zero-order valence-corrected chi connectivity index (χ0v) is 28.6. The van der Waals surface area contributed by atoms with Gasteiger partial charge in [-0.3, -0.25) is 4.79 Å². The molecule has 248 valence electrons. The zero-order chi connectivity index (χ0) is 35.1. The molecule has 3 heteroatoms. The molecule has 0 amide bonds. The van der Waals surface area contributed by atoms with Gasteiger partial charge >= 0.3 is 0 Å². The third-order valence-electron chi connectivity index (χ3n) is 9.16. The predicted octanol–water partition coefficient (Wildman–Crippen LogP) is 13.2. The van der Waals surface area contributed by atoms with E-state index < -0.39 is 0 Å². The van der Waals surface area contributed by atoms with Crippen LogP contribution in [0.1, 0.15) is 15.9 Å². The molecule has 0 aliphatic rings. The van der Waals surface area contributed by atoms with Crippen molar-refractivity contribution in [3.63, 3.8) is 0 Å². The van der Waals surface area contributed by atoms with Crippen LogP contribution in [-0.4, -0.2) is 5.78 Å². The lowest BCUT2D eigenvalue weighted by atomic mass is 9.92. The van der Waals surface area contributed by atoms with Crippen molar-refractivity contribution in [3.05, 3.63) is 230 Å². The molecule has 0 aromatic heterocycles. The van der Waals surface area contributed by atoms with Gasteiger partial charge in [0, 0.05) is 45.3 Å². The summed E-state index contributed by atoms with van der Waals surface area (Å²) in [4.78, 5) is 18.6. The Hall–Kier alpha value is -6.97. The minimum atomic E-state index is -0.0126. The van der Waals surface area contributed by atoms with E-state index in [2.05, 4.69) is 161 Å². The van der Waals surface area contributed by atoms with Crippen LogP contribution in [0.25, 0.3) is 22.3 Å². The van der Waals surface area contributed by atoms with Crippen molar-refractivity contribution in [2.24, 2.45) is 0 Å². The van der Waals surface area contributed by atoms with Crippen molar-refractivity contribution in [1.82, 2.24) is 0 Å². The summed E-state index contributed by atoms with van der Waals surface area (Å²) in [5.74, 6) is -0.0126. The number of para-hydroxylation sites is 4. The molecule has 0 N–H and O–H groups in total. The number of rotatable bonds is 10. The number of anilines is 6. The number of carbonyl (C=O) groups is 1. The summed E-state index contributed by atoms with van der Waals surface area (Å²) in [6.45, 7) is 0. The first-order valence-electron chi connectivity index (χ1n) is 17.5. The molecule has 0 aliphatic carbocycles. The summed E-state index contributed by atoms with van der Waals surface area (Å²) in [7, 11) is 0. The van der Waals surface area contributed by atoms with Crippen LogP contribution >= 0.6 is 0 Å². The number of nitrogens with zero attached hydrogens (tertiary/aromatic N) is 2. The van der Waals surface area contributed by atoms with Gasteiger partial charge in [0.05, 0.1) is 0 Å². The van der Waals surface area contributed by atoms with Gasteiger partial charge in [0.1, 0.15) is 0 Å². The predicted molar refractivity (Wildman–Crippen MR) is 217 cm³/mol. The molecule has 3 nitrogen and oxygen atoms in total. The highest BCUT2D eigenvalue weighted by atomic mass is 16.1. The van der Waals surface area contributed by atoms with Crippen LogP contribution < -0.4 is 9.80 Å². The highest BCUT2D eigenvalue weighted by molar-refractivity contribution is 6.10. The molecule has 0 saturated carbocycles. The second-order valence-corrected chi connectivity index (χ2v) is 12.6. The average Bonchev–Trinajstić information content (AvgIpc) is 3.23. The fourth-order valence-corrected chi connectivity index (χ4v) is 6.70. The molecule has 0 saturated heterocycles. The largest absolute Gasteiger partial charge is 0.310 e. The molecule has 52 heavy (non-hydrogen) atoms. The Balaban J connectivity index is 1.27. The van der Waals surface area contributed by atoms with E-state index in [9.17, 15) is 4.79 Å². The van der Waals surface area contributed by atoms with Gasteiger partial charge < -0.3 is 9.80 Å².